The third kappa shape index (κ3) is 2.30. The molecule has 0 atom stereocenters. The molecule has 6 nitrogen and oxygen atoms in total. The van der Waals surface area contributed by atoms with Crippen LogP contribution in [0.1, 0.15) is 0 Å². The summed E-state index contributed by atoms with van der Waals surface area (Å²) in [6.07, 6.45) is 1.55. The van der Waals surface area contributed by atoms with Crippen molar-refractivity contribution in [3.8, 4) is 11.6 Å². The third-order valence-corrected chi connectivity index (χ3v) is 2.72. The second-order valence-corrected chi connectivity index (χ2v) is 4.20. The predicted octanol–water partition coefficient (Wildman–Crippen LogP) is 2.84. The Morgan fingerprint density at radius 2 is 2.21 bits per heavy atom. The Bertz CT molecular complexity index is 727. The molecule has 0 aliphatic rings. The van der Waals surface area contributed by atoms with Gasteiger partial charge in [0.15, 0.2) is 5.65 Å². The first-order valence-electron chi connectivity index (χ1n) is 5.58. The van der Waals surface area contributed by atoms with Crippen molar-refractivity contribution in [3.05, 3.63) is 35.6 Å². The molecular weight excluding hydrogens is 266 g/mol. The van der Waals surface area contributed by atoms with E-state index < -0.39 is 0 Å². The van der Waals surface area contributed by atoms with Crippen LogP contribution in [0.2, 0.25) is 5.02 Å². The van der Waals surface area contributed by atoms with E-state index in [1.807, 2.05) is 6.07 Å². The highest BCUT2D eigenvalue weighted by Crippen LogP contribution is 2.27. The van der Waals surface area contributed by atoms with Crippen LogP contribution in [0.4, 0.5) is 5.95 Å². The van der Waals surface area contributed by atoms with Gasteiger partial charge in [0.2, 0.25) is 5.95 Å². The van der Waals surface area contributed by atoms with E-state index >= 15 is 0 Å². The van der Waals surface area contributed by atoms with E-state index in [0.717, 1.165) is 0 Å². The molecule has 2 N–H and O–H groups in total. The van der Waals surface area contributed by atoms with Crippen molar-refractivity contribution in [2.75, 3.05) is 12.4 Å². The molecule has 3 aromatic rings. The Hall–Kier alpha value is -2.34. The number of anilines is 1. The number of aromatic nitrogens is 4. The number of nitrogens with one attached hydrogen (secondary N) is 2. The molecule has 0 radical (unpaired) electrons. The molecule has 0 saturated heterocycles. The zero-order chi connectivity index (χ0) is 13.2. The molecule has 1 aromatic carbocycles. The van der Waals surface area contributed by atoms with Crippen LogP contribution in [-0.2, 0) is 0 Å². The molecule has 0 unspecified atom stereocenters. The van der Waals surface area contributed by atoms with Crippen molar-refractivity contribution in [1.82, 2.24) is 19.9 Å². The molecule has 0 spiro atoms. The van der Waals surface area contributed by atoms with E-state index in [2.05, 4.69) is 25.3 Å². The van der Waals surface area contributed by atoms with Gasteiger partial charge < -0.3 is 15.0 Å². The lowest BCUT2D eigenvalue weighted by molar-refractivity contribution is 0.468. The molecule has 0 fully saturated rings. The fourth-order valence-electron chi connectivity index (χ4n) is 1.63. The molecule has 96 valence electrons. The van der Waals surface area contributed by atoms with Gasteiger partial charge in [-0.1, -0.05) is 17.7 Å². The van der Waals surface area contributed by atoms with Gasteiger partial charge in [0.25, 0.3) is 5.88 Å². The molecule has 0 bridgehead atoms. The number of rotatable bonds is 3. The maximum atomic E-state index is 5.92. The van der Waals surface area contributed by atoms with E-state index in [1.54, 1.807) is 31.6 Å². The number of aromatic amines is 1. The molecule has 3 rings (SSSR count). The topological polar surface area (TPSA) is 75.7 Å². The largest absolute Gasteiger partial charge is 0.437 e. The van der Waals surface area contributed by atoms with E-state index in [9.17, 15) is 0 Å². The highest BCUT2D eigenvalue weighted by Gasteiger charge is 2.11. The maximum absolute atomic E-state index is 5.92. The summed E-state index contributed by atoms with van der Waals surface area (Å²) in [6, 6.07) is 7.10. The van der Waals surface area contributed by atoms with Crippen LogP contribution >= 0.6 is 11.6 Å². The quantitative estimate of drug-likeness (QED) is 0.769. The molecule has 0 amide bonds. The second-order valence-electron chi connectivity index (χ2n) is 3.76. The Labute approximate surface area is 113 Å². The van der Waals surface area contributed by atoms with Gasteiger partial charge in [-0.15, -0.1) is 0 Å². The number of nitrogens with zero attached hydrogens (tertiary/aromatic N) is 3. The monoisotopic (exact) mass is 275 g/mol. The zero-order valence-corrected chi connectivity index (χ0v) is 10.8. The van der Waals surface area contributed by atoms with E-state index in [1.165, 1.54) is 0 Å². The Morgan fingerprint density at radius 3 is 3.00 bits per heavy atom. The Balaban J connectivity index is 2.06. The molecule has 2 aromatic heterocycles. The van der Waals surface area contributed by atoms with Crippen LogP contribution in [0, 0.1) is 0 Å². The smallest absolute Gasteiger partial charge is 0.250 e. The summed E-state index contributed by atoms with van der Waals surface area (Å²) >= 11 is 5.92. The first-order valence-corrected chi connectivity index (χ1v) is 5.96. The van der Waals surface area contributed by atoms with Crippen molar-refractivity contribution >= 4 is 28.7 Å². The molecular formula is C12H10ClN5O. The van der Waals surface area contributed by atoms with Gasteiger partial charge >= 0.3 is 0 Å². The minimum Gasteiger partial charge on any atom is -0.437 e. The van der Waals surface area contributed by atoms with Crippen molar-refractivity contribution in [3.63, 3.8) is 0 Å². The summed E-state index contributed by atoms with van der Waals surface area (Å²) in [7, 11) is 1.73. The predicted molar refractivity (Wildman–Crippen MR) is 72.8 cm³/mol. The highest BCUT2D eigenvalue weighted by atomic mass is 35.5. The number of H-pyrrole nitrogens is 1. The summed E-state index contributed by atoms with van der Waals surface area (Å²) in [5.74, 6) is 1.44. The molecule has 2 heterocycles. The molecule has 19 heavy (non-hydrogen) atoms. The fourth-order valence-corrected chi connectivity index (χ4v) is 1.81. The number of fused-ring (bicyclic) bond motifs is 1. The lowest BCUT2D eigenvalue weighted by Crippen LogP contribution is -1.99. The van der Waals surface area contributed by atoms with Crippen LogP contribution in [0.25, 0.3) is 11.2 Å². The maximum Gasteiger partial charge on any atom is 0.250 e. The number of ether oxygens (including phenoxy) is 1. The fraction of sp³-hybridized carbons (Fsp3) is 0.0833. The van der Waals surface area contributed by atoms with Crippen LogP contribution < -0.4 is 10.1 Å². The normalized spacial score (nSPS) is 10.6. The van der Waals surface area contributed by atoms with Gasteiger partial charge in [-0.25, -0.2) is 4.98 Å². The van der Waals surface area contributed by atoms with Crippen molar-refractivity contribution < 1.29 is 4.74 Å². The number of hydrogen-bond donors (Lipinski definition) is 2. The van der Waals surface area contributed by atoms with Crippen molar-refractivity contribution in [1.29, 1.82) is 0 Å². The lowest BCUT2D eigenvalue weighted by atomic mass is 10.3. The van der Waals surface area contributed by atoms with E-state index in [4.69, 9.17) is 16.3 Å². The lowest BCUT2D eigenvalue weighted by Gasteiger charge is -2.07. The third-order valence-electron chi connectivity index (χ3n) is 2.49. The average Bonchev–Trinajstić information content (AvgIpc) is 2.87. The van der Waals surface area contributed by atoms with Crippen LogP contribution in [-0.4, -0.2) is 27.0 Å². The standard InChI is InChI=1S/C12H10ClN5O/c1-14-12-17-10-9(15-6-16-10)11(18-12)19-8-4-2-3-7(13)5-8/h2-6H,1H3,(H2,14,15,16,17,18). The van der Waals surface area contributed by atoms with E-state index in [0.29, 0.717) is 33.8 Å². The minimum absolute atomic E-state index is 0.397. The molecule has 7 heteroatoms. The van der Waals surface area contributed by atoms with Gasteiger partial charge in [0, 0.05) is 12.1 Å². The minimum atomic E-state index is 0.397. The number of hydrogen-bond acceptors (Lipinski definition) is 5. The van der Waals surface area contributed by atoms with E-state index in [-0.39, 0.29) is 0 Å². The first-order chi connectivity index (χ1) is 9.26. The summed E-state index contributed by atoms with van der Waals surface area (Å²) in [6.45, 7) is 0. The summed E-state index contributed by atoms with van der Waals surface area (Å²) in [5, 5.41) is 3.46. The van der Waals surface area contributed by atoms with Crippen molar-refractivity contribution in [2.45, 2.75) is 0 Å². The van der Waals surface area contributed by atoms with Crippen LogP contribution in [0.3, 0.4) is 0 Å². The van der Waals surface area contributed by atoms with Crippen LogP contribution in [0.15, 0.2) is 30.6 Å². The van der Waals surface area contributed by atoms with Gasteiger partial charge in [-0.3, -0.25) is 0 Å². The van der Waals surface area contributed by atoms with Gasteiger partial charge in [-0.2, -0.15) is 9.97 Å². The molecule has 0 saturated carbocycles. The number of imidazole rings is 1. The summed E-state index contributed by atoms with van der Waals surface area (Å²) in [4.78, 5) is 15.5. The zero-order valence-electron chi connectivity index (χ0n) is 10.0. The Kier molecular flexibility index (Phi) is 2.92. The molecule has 0 aliphatic heterocycles. The summed E-state index contributed by atoms with van der Waals surface area (Å²) in [5.41, 5.74) is 1.18. The molecule has 0 aliphatic carbocycles. The Morgan fingerprint density at radius 1 is 1.32 bits per heavy atom. The highest BCUT2D eigenvalue weighted by molar-refractivity contribution is 6.30. The first kappa shape index (κ1) is 11.7. The second kappa shape index (κ2) is 4.74. The van der Waals surface area contributed by atoms with Crippen molar-refractivity contribution in [2.24, 2.45) is 0 Å². The SMILES string of the molecule is CNc1nc(Oc2cccc(Cl)c2)c2[nH]cnc2n1. The van der Waals surface area contributed by atoms with Gasteiger partial charge in [0.1, 0.15) is 11.3 Å². The van der Waals surface area contributed by atoms with Gasteiger partial charge in [-0.05, 0) is 18.2 Å². The average molecular weight is 276 g/mol. The van der Waals surface area contributed by atoms with Crippen LogP contribution in [0.5, 0.6) is 11.6 Å². The van der Waals surface area contributed by atoms with Gasteiger partial charge in [0.05, 0.1) is 6.33 Å². The summed E-state index contributed by atoms with van der Waals surface area (Å²) < 4.78 is 5.73. The number of halogens is 1. The number of benzene rings is 1.